The second-order valence-corrected chi connectivity index (χ2v) is 4.19. The van der Waals surface area contributed by atoms with Gasteiger partial charge in [0.05, 0.1) is 12.1 Å². The van der Waals surface area contributed by atoms with Crippen LogP contribution in [0.1, 0.15) is 26.7 Å². The van der Waals surface area contributed by atoms with E-state index in [0.29, 0.717) is 5.92 Å². The summed E-state index contributed by atoms with van der Waals surface area (Å²) in [6.07, 6.45) is 1.51. The number of carbonyl (C=O) groups is 1. The van der Waals surface area contributed by atoms with Gasteiger partial charge < -0.3 is 15.7 Å². The van der Waals surface area contributed by atoms with Crippen molar-refractivity contribution in [3.05, 3.63) is 0 Å². The van der Waals surface area contributed by atoms with Gasteiger partial charge in [-0.1, -0.05) is 0 Å². The number of hydrogen-bond acceptors (Lipinski definition) is 3. The Balaban J connectivity index is 2.39. The summed E-state index contributed by atoms with van der Waals surface area (Å²) in [5, 5.41) is 9.38. The summed E-state index contributed by atoms with van der Waals surface area (Å²) < 4.78 is 0. The Morgan fingerprint density at radius 2 is 1.93 bits per heavy atom. The monoisotopic (exact) mass is 200 g/mol. The van der Waals surface area contributed by atoms with Crippen molar-refractivity contribution in [3.8, 4) is 0 Å². The van der Waals surface area contributed by atoms with Gasteiger partial charge in [-0.2, -0.15) is 0 Å². The zero-order chi connectivity index (χ0) is 10.7. The lowest BCUT2D eigenvalue weighted by Gasteiger charge is -2.34. The molecule has 1 fully saturated rings. The molecule has 1 aliphatic rings. The Morgan fingerprint density at radius 3 is 2.29 bits per heavy atom. The van der Waals surface area contributed by atoms with Crippen LogP contribution in [0, 0.1) is 5.92 Å². The number of piperidine rings is 1. The summed E-state index contributed by atoms with van der Waals surface area (Å²) in [5.41, 5.74) is 5.52. The molecule has 1 aliphatic heterocycles. The maximum atomic E-state index is 11.5. The first-order chi connectivity index (χ1) is 6.52. The van der Waals surface area contributed by atoms with Crippen molar-refractivity contribution in [2.75, 3.05) is 13.1 Å². The number of rotatable bonds is 2. The van der Waals surface area contributed by atoms with Gasteiger partial charge in [-0.3, -0.25) is 4.79 Å². The van der Waals surface area contributed by atoms with Crippen molar-refractivity contribution in [1.82, 2.24) is 4.90 Å². The van der Waals surface area contributed by atoms with E-state index in [1.54, 1.807) is 11.8 Å². The summed E-state index contributed by atoms with van der Waals surface area (Å²) in [6.45, 7) is 4.99. The zero-order valence-corrected chi connectivity index (χ0v) is 8.94. The van der Waals surface area contributed by atoms with Gasteiger partial charge in [-0.15, -0.1) is 0 Å². The van der Waals surface area contributed by atoms with Crippen molar-refractivity contribution < 1.29 is 9.90 Å². The maximum Gasteiger partial charge on any atom is 0.239 e. The summed E-state index contributed by atoms with van der Waals surface area (Å²) in [6, 6.07) is -0.405. The smallest absolute Gasteiger partial charge is 0.239 e. The molecule has 82 valence electrons. The maximum absolute atomic E-state index is 11.5. The van der Waals surface area contributed by atoms with E-state index in [1.807, 2.05) is 6.92 Å². The molecule has 4 nitrogen and oxygen atoms in total. The van der Waals surface area contributed by atoms with E-state index in [0.717, 1.165) is 25.9 Å². The Labute approximate surface area is 85.1 Å². The number of nitrogens with two attached hydrogens (primary N) is 1. The summed E-state index contributed by atoms with van der Waals surface area (Å²) >= 11 is 0. The number of hydrogen-bond donors (Lipinski definition) is 2. The van der Waals surface area contributed by atoms with Crippen molar-refractivity contribution >= 4 is 5.91 Å². The molecule has 1 amide bonds. The lowest BCUT2D eigenvalue weighted by atomic mass is 9.92. The molecule has 0 bridgehead atoms. The fourth-order valence-electron chi connectivity index (χ4n) is 1.89. The molecule has 2 atom stereocenters. The van der Waals surface area contributed by atoms with E-state index in [-0.39, 0.29) is 12.0 Å². The lowest BCUT2D eigenvalue weighted by molar-refractivity contribution is -0.134. The summed E-state index contributed by atoms with van der Waals surface area (Å²) in [7, 11) is 0. The van der Waals surface area contributed by atoms with Crippen LogP contribution in [0.3, 0.4) is 0 Å². The molecule has 0 spiro atoms. The number of likely N-dealkylation sites (tertiary alicyclic amines) is 1. The minimum atomic E-state index is -0.405. The Kier molecular flexibility index (Phi) is 3.89. The van der Waals surface area contributed by atoms with Gasteiger partial charge in [0.15, 0.2) is 0 Å². The van der Waals surface area contributed by atoms with Crippen LogP contribution in [0.5, 0.6) is 0 Å². The first-order valence-corrected chi connectivity index (χ1v) is 5.24. The van der Waals surface area contributed by atoms with E-state index in [4.69, 9.17) is 5.73 Å². The summed E-state index contributed by atoms with van der Waals surface area (Å²) in [5.74, 6) is 0.362. The quantitative estimate of drug-likeness (QED) is 0.657. The Bertz CT molecular complexity index is 196. The van der Waals surface area contributed by atoms with Gasteiger partial charge in [0, 0.05) is 13.1 Å². The highest BCUT2D eigenvalue weighted by Crippen LogP contribution is 2.20. The average Bonchev–Trinajstić information content (AvgIpc) is 2.16. The molecular formula is C10H20N2O2. The zero-order valence-electron chi connectivity index (χ0n) is 8.94. The molecule has 14 heavy (non-hydrogen) atoms. The van der Waals surface area contributed by atoms with E-state index in [9.17, 15) is 9.90 Å². The minimum absolute atomic E-state index is 0.0223. The van der Waals surface area contributed by atoms with Gasteiger partial charge in [-0.25, -0.2) is 0 Å². The van der Waals surface area contributed by atoms with Gasteiger partial charge >= 0.3 is 0 Å². The van der Waals surface area contributed by atoms with Crippen LogP contribution in [0.15, 0.2) is 0 Å². The molecule has 3 N–H and O–H groups in total. The van der Waals surface area contributed by atoms with Crippen molar-refractivity contribution in [3.63, 3.8) is 0 Å². The topological polar surface area (TPSA) is 66.6 Å². The van der Waals surface area contributed by atoms with Crippen LogP contribution in [-0.2, 0) is 4.79 Å². The molecule has 0 aromatic carbocycles. The predicted molar refractivity (Wildman–Crippen MR) is 54.6 cm³/mol. The number of aliphatic hydroxyl groups is 1. The van der Waals surface area contributed by atoms with Crippen molar-refractivity contribution in [1.29, 1.82) is 0 Å². The molecule has 1 saturated heterocycles. The highest BCUT2D eigenvalue weighted by molar-refractivity contribution is 5.81. The first-order valence-electron chi connectivity index (χ1n) is 5.24. The predicted octanol–water partition coefficient (Wildman–Crippen LogP) is -0.0470. The largest absolute Gasteiger partial charge is 0.393 e. The van der Waals surface area contributed by atoms with E-state index in [2.05, 4.69) is 0 Å². The fourth-order valence-corrected chi connectivity index (χ4v) is 1.89. The van der Waals surface area contributed by atoms with Crippen LogP contribution >= 0.6 is 0 Å². The summed E-state index contributed by atoms with van der Waals surface area (Å²) in [4.78, 5) is 13.3. The van der Waals surface area contributed by atoms with Crippen LogP contribution < -0.4 is 5.73 Å². The molecule has 0 unspecified atom stereocenters. The lowest BCUT2D eigenvalue weighted by Crippen LogP contribution is -2.46. The number of aliphatic hydroxyl groups excluding tert-OH is 1. The Morgan fingerprint density at radius 1 is 1.43 bits per heavy atom. The minimum Gasteiger partial charge on any atom is -0.393 e. The third-order valence-electron chi connectivity index (χ3n) is 2.92. The van der Waals surface area contributed by atoms with E-state index in [1.165, 1.54) is 0 Å². The highest BCUT2D eigenvalue weighted by Gasteiger charge is 2.26. The second kappa shape index (κ2) is 4.75. The Hall–Kier alpha value is -0.610. The highest BCUT2D eigenvalue weighted by atomic mass is 16.3. The molecule has 0 saturated carbocycles. The number of carbonyl (C=O) groups excluding carboxylic acids is 1. The molecule has 1 rings (SSSR count). The van der Waals surface area contributed by atoms with Gasteiger partial charge in [0.2, 0.25) is 5.91 Å². The van der Waals surface area contributed by atoms with Gasteiger partial charge in [-0.05, 0) is 32.6 Å². The molecule has 0 aliphatic carbocycles. The van der Waals surface area contributed by atoms with E-state index < -0.39 is 6.04 Å². The SMILES string of the molecule is C[C@H](N)C(=O)N1CCC([C@H](C)O)CC1. The van der Waals surface area contributed by atoms with Crippen LogP contribution in [-0.4, -0.2) is 41.1 Å². The first kappa shape index (κ1) is 11.5. The average molecular weight is 200 g/mol. The molecule has 0 radical (unpaired) electrons. The number of amides is 1. The van der Waals surface area contributed by atoms with Gasteiger partial charge in [0.25, 0.3) is 0 Å². The molecule has 0 aromatic heterocycles. The van der Waals surface area contributed by atoms with Crippen molar-refractivity contribution in [2.24, 2.45) is 11.7 Å². The van der Waals surface area contributed by atoms with Crippen molar-refractivity contribution in [2.45, 2.75) is 38.8 Å². The van der Waals surface area contributed by atoms with E-state index >= 15 is 0 Å². The number of nitrogens with zero attached hydrogens (tertiary/aromatic N) is 1. The molecule has 4 heteroatoms. The molecule has 1 heterocycles. The normalized spacial score (nSPS) is 23.3. The standard InChI is InChI=1S/C10H20N2O2/c1-7(11)10(14)12-5-3-9(4-6-12)8(2)13/h7-9,13H,3-6,11H2,1-2H3/t7-,8-/m0/s1. The third-order valence-corrected chi connectivity index (χ3v) is 2.92. The fraction of sp³-hybridized carbons (Fsp3) is 0.900. The second-order valence-electron chi connectivity index (χ2n) is 4.19. The third kappa shape index (κ3) is 2.69. The molecule has 0 aromatic rings. The van der Waals surface area contributed by atoms with Crippen LogP contribution in [0.25, 0.3) is 0 Å². The van der Waals surface area contributed by atoms with Crippen LogP contribution in [0.4, 0.5) is 0 Å². The van der Waals surface area contributed by atoms with Crippen LogP contribution in [0.2, 0.25) is 0 Å². The van der Waals surface area contributed by atoms with Gasteiger partial charge in [0.1, 0.15) is 0 Å². The molecular weight excluding hydrogens is 180 g/mol.